The van der Waals surface area contributed by atoms with E-state index in [0.717, 1.165) is 36.8 Å². The molecule has 1 amide bonds. The van der Waals surface area contributed by atoms with Gasteiger partial charge in [0, 0.05) is 35.7 Å². The number of rotatable bonds is 14. The van der Waals surface area contributed by atoms with Gasteiger partial charge in [0.2, 0.25) is 5.91 Å². The highest BCUT2D eigenvalue weighted by Gasteiger charge is 2.27. The average molecular weight is 619 g/mol. The van der Waals surface area contributed by atoms with E-state index in [1.54, 1.807) is 30.3 Å². The zero-order valence-corrected chi connectivity index (χ0v) is 26.6. The summed E-state index contributed by atoms with van der Waals surface area (Å²) >= 11 is 0. The van der Waals surface area contributed by atoms with Crippen LogP contribution < -0.4 is 10.1 Å². The number of hydrogen-bond donors (Lipinski definition) is 1. The quantitative estimate of drug-likeness (QED) is 0.121. The van der Waals surface area contributed by atoms with Crippen molar-refractivity contribution in [2.45, 2.75) is 51.6 Å². The minimum atomic E-state index is -0.710. The second-order valence-electron chi connectivity index (χ2n) is 11.9. The van der Waals surface area contributed by atoms with Crippen LogP contribution in [0.1, 0.15) is 58.3 Å². The molecule has 1 aliphatic carbocycles. The van der Waals surface area contributed by atoms with E-state index in [4.69, 9.17) is 9.47 Å². The number of ketones is 1. The van der Waals surface area contributed by atoms with Crippen molar-refractivity contribution in [3.8, 4) is 5.75 Å². The predicted octanol–water partition coefficient (Wildman–Crippen LogP) is 7.02. The van der Waals surface area contributed by atoms with Gasteiger partial charge < -0.3 is 19.7 Å². The largest absolute Gasteiger partial charge is 0.492 e. The molecule has 1 unspecified atom stereocenters. The van der Waals surface area contributed by atoms with Crippen molar-refractivity contribution in [3.05, 3.63) is 131 Å². The van der Waals surface area contributed by atoms with E-state index in [-0.39, 0.29) is 17.6 Å². The SMILES string of the molecule is COC(=O)C(Cc1ccc(OCCN(Cc2cccc(C)c2)C(=O)C2CCCC2)cc1)Nc1ccccc1C(=O)c1ccccc1. The smallest absolute Gasteiger partial charge is 0.328 e. The highest BCUT2D eigenvalue weighted by atomic mass is 16.5. The fourth-order valence-electron chi connectivity index (χ4n) is 6.04. The van der Waals surface area contributed by atoms with Gasteiger partial charge in [-0.15, -0.1) is 0 Å². The summed E-state index contributed by atoms with van der Waals surface area (Å²) in [5.41, 5.74) is 4.82. The summed E-state index contributed by atoms with van der Waals surface area (Å²) in [5, 5.41) is 3.25. The molecule has 1 atom stereocenters. The molecule has 0 aliphatic heterocycles. The molecule has 1 fully saturated rings. The Labute approximate surface area is 271 Å². The fourth-order valence-corrected chi connectivity index (χ4v) is 6.04. The summed E-state index contributed by atoms with van der Waals surface area (Å²) in [4.78, 5) is 41.4. The maximum atomic E-state index is 13.4. The first-order valence-corrected chi connectivity index (χ1v) is 16.0. The second-order valence-corrected chi connectivity index (χ2v) is 11.9. The topological polar surface area (TPSA) is 84.9 Å². The lowest BCUT2D eigenvalue weighted by atomic mass is 10.00. The molecule has 238 valence electrons. The van der Waals surface area contributed by atoms with E-state index in [9.17, 15) is 14.4 Å². The first-order valence-electron chi connectivity index (χ1n) is 16.0. The lowest BCUT2D eigenvalue weighted by molar-refractivity contribution is -0.141. The van der Waals surface area contributed by atoms with E-state index < -0.39 is 12.0 Å². The summed E-state index contributed by atoms with van der Waals surface area (Å²) in [6.07, 6.45) is 4.50. The predicted molar refractivity (Wildman–Crippen MR) is 180 cm³/mol. The number of para-hydroxylation sites is 1. The molecule has 0 radical (unpaired) electrons. The van der Waals surface area contributed by atoms with E-state index in [0.29, 0.717) is 48.7 Å². The monoisotopic (exact) mass is 618 g/mol. The van der Waals surface area contributed by atoms with E-state index >= 15 is 0 Å². The zero-order valence-electron chi connectivity index (χ0n) is 26.6. The Morgan fingerprint density at radius 2 is 1.57 bits per heavy atom. The standard InChI is InChI=1S/C39H42N2O5/c1-28-11-10-12-30(25-28)27-41(38(43)32-15-6-7-16-32)23-24-46-33-21-19-29(20-22-33)26-36(39(44)45-2)40-35-18-9-8-17-34(35)37(42)31-13-4-3-5-14-31/h3-5,8-14,17-22,25,32,36,40H,6-7,15-16,23-24,26-27H2,1-2H3. The van der Waals surface area contributed by atoms with Gasteiger partial charge in [0.05, 0.1) is 13.7 Å². The number of methoxy groups -OCH3 is 1. The number of carbonyl (C=O) groups is 3. The van der Waals surface area contributed by atoms with Crippen molar-refractivity contribution < 1.29 is 23.9 Å². The maximum absolute atomic E-state index is 13.4. The van der Waals surface area contributed by atoms with Gasteiger partial charge in [0.1, 0.15) is 18.4 Å². The molecule has 1 aliphatic rings. The number of ether oxygens (including phenoxy) is 2. The van der Waals surface area contributed by atoms with Crippen LogP contribution in [0.4, 0.5) is 5.69 Å². The lowest BCUT2D eigenvalue weighted by Gasteiger charge is -2.26. The highest BCUT2D eigenvalue weighted by Crippen LogP contribution is 2.27. The molecule has 0 bridgehead atoms. The molecule has 5 rings (SSSR count). The number of nitrogens with zero attached hydrogens (tertiary/aromatic N) is 1. The van der Waals surface area contributed by atoms with E-state index in [1.165, 1.54) is 12.7 Å². The van der Waals surface area contributed by atoms with Crippen molar-refractivity contribution in [1.29, 1.82) is 0 Å². The molecule has 7 nitrogen and oxygen atoms in total. The number of carbonyl (C=O) groups excluding carboxylic acids is 3. The molecule has 1 N–H and O–H groups in total. The van der Waals surface area contributed by atoms with Gasteiger partial charge in [-0.3, -0.25) is 9.59 Å². The number of aryl methyl sites for hydroxylation is 1. The maximum Gasteiger partial charge on any atom is 0.328 e. The third-order valence-electron chi connectivity index (χ3n) is 8.49. The van der Waals surface area contributed by atoms with Gasteiger partial charge in [-0.1, -0.05) is 97.3 Å². The van der Waals surface area contributed by atoms with E-state index in [1.807, 2.05) is 59.5 Å². The molecule has 0 aromatic heterocycles. The van der Waals surface area contributed by atoms with Crippen LogP contribution in [0.15, 0.2) is 103 Å². The zero-order chi connectivity index (χ0) is 32.3. The van der Waals surface area contributed by atoms with Crippen LogP contribution in [-0.2, 0) is 27.3 Å². The van der Waals surface area contributed by atoms with Crippen LogP contribution in [0.5, 0.6) is 5.75 Å². The van der Waals surface area contributed by atoms with Crippen molar-refractivity contribution in [3.63, 3.8) is 0 Å². The molecular weight excluding hydrogens is 576 g/mol. The Hall–Kier alpha value is -4.91. The second kappa shape index (κ2) is 15.9. The summed E-state index contributed by atoms with van der Waals surface area (Å²) in [5.74, 6) is 0.448. The van der Waals surface area contributed by atoms with Crippen molar-refractivity contribution in [1.82, 2.24) is 4.90 Å². The first kappa shape index (κ1) is 32.5. The molecule has 0 saturated heterocycles. The molecule has 7 heteroatoms. The van der Waals surface area contributed by atoms with Gasteiger partial charge >= 0.3 is 5.97 Å². The van der Waals surface area contributed by atoms with Gasteiger partial charge in [-0.25, -0.2) is 4.79 Å². The number of anilines is 1. The van der Waals surface area contributed by atoms with Crippen LogP contribution in [0.25, 0.3) is 0 Å². The summed E-state index contributed by atoms with van der Waals surface area (Å²) < 4.78 is 11.2. The third-order valence-corrected chi connectivity index (χ3v) is 8.49. The molecule has 46 heavy (non-hydrogen) atoms. The summed E-state index contributed by atoms with van der Waals surface area (Å²) in [6.45, 7) is 3.51. The molecule has 4 aromatic carbocycles. The molecular formula is C39H42N2O5. The van der Waals surface area contributed by atoms with Gasteiger partial charge in [0.15, 0.2) is 5.78 Å². The molecule has 4 aromatic rings. The summed E-state index contributed by atoms with van der Waals surface area (Å²) in [7, 11) is 1.36. The fraction of sp³-hybridized carbons (Fsp3) is 0.308. The first-order chi connectivity index (χ1) is 22.4. The average Bonchev–Trinajstić information content (AvgIpc) is 3.63. The number of benzene rings is 4. The Bertz CT molecular complexity index is 1610. The van der Waals surface area contributed by atoms with Crippen molar-refractivity contribution in [2.24, 2.45) is 5.92 Å². The molecule has 0 heterocycles. The molecule has 1 saturated carbocycles. The van der Waals surface area contributed by atoms with E-state index in [2.05, 4.69) is 30.4 Å². The molecule has 0 spiro atoms. The summed E-state index contributed by atoms with van der Waals surface area (Å²) in [6, 6.07) is 31.4. The number of amides is 1. The van der Waals surface area contributed by atoms with Crippen molar-refractivity contribution in [2.75, 3.05) is 25.6 Å². The van der Waals surface area contributed by atoms with Crippen LogP contribution in [0, 0.1) is 12.8 Å². The lowest BCUT2D eigenvalue weighted by Crippen LogP contribution is -2.37. The Morgan fingerprint density at radius 1 is 0.848 bits per heavy atom. The minimum Gasteiger partial charge on any atom is -0.492 e. The Balaban J connectivity index is 1.21. The van der Waals surface area contributed by atoms with Gasteiger partial charge in [0.25, 0.3) is 0 Å². The van der Waals surface area contributed by atoms with Gasteiger partial charge in [-0.05, 0) is 55.2 Å². The van der Waals surface area contributed by atoms with Crippen LogP contribution in [-0.4, -0.2) is 48.9 Å². The Kier molecular flexibility index (Phi) is 11.2. The van der Waals surface area contributed by atoms with Crippen molar-refractivity contribution >= 4 is 23.3 Å². The van der Waals surface area contributed by atoms with Crippen LogP contribution >= 0.6 is 0 Å². The minimum absolute atomic E-state index is 0.101. The Morgan fingerprint density at radius 3 is 2.28 bits per heavy atom. The highest BCUT2D eigenvalue weighted by molar-refractivity contribution is 6.12. The van der Waals surface area contributed by atoms with Crippen LogP contribution in [0.2, 0.25) is 0 Å². The van der Waals surface area contributed by atoms with Gasteiger partial charge in [-0.2, -0.15) is 0 Å². The third kappa shape index (κ3) is 8.62. The number of esters is 1. The number of nitrogens with one attached hydrogen (secondary N) is 1. The normalized spacial score (nSPS) is 13.5. The van der Waals surface area contributed by atoms with Crippen LogP contribution in [0.3, 0.4) is 0 Å². The number of hydrogen-bond acceptors (Lipinski definition) is 6.